The summed E-state index contributed by atoms with van der Waals surface area (Å²) in [6.45, 7) is 6.18. The maximum Gasteiger partial charge on any atom is 0.0651 e. The Morgan fingerprint density at radius 2 is 0.909 bits per heavy atom. The fraction of sp³-hybridized carbons (Fsp3) is 0.875. The van der Waals surface area contributed by atoms with Gasteiger partial charge in [0.25, 0.3) is 0 Å². The average molecular weight is 459 g/mol. The van der Waals surface area contributed by atoms with Crippen LogP contribution in [0.25, 0.3) is 0 Å². The van der Waals surface area contributed by atoms with Gasteiger partial charge in [-0.15, -0.1) is 0 Å². The summed E-state index contributed by atoms with van der Waals surface area (Å²) in [5.41, 5.74) is 0. The molecule has 0 aromatic heterocycles. The molecule has 192 valence electrons. The third-order valence-electron chi connectivity index (χ3n) is 8.46. The fourth-order valence-corrected chi connectivity index (χ4v) is 6.11. The van der Waals surface area contributed by atoms with Gasteiger partial charge in [-0.3, -0.25) is 0 Å². The molecule has 2 saturated carbocycles. The number of hydrogen-bond donors (Lipinski definition) is 0. The molecule has 33 heavy (non-hydrogen) atoms. The molecule has 1 heteroatoms. The smallest absolute Gasteiger partial charge is 0.0651 e. The van der Waals surface area contributed by atoms with E-state index in [0.717, 1.165) is 36.9 Å². The average Bonchev–Trinajstić information content (AvgIpc) is 2.85. The highest BCUT2D eigenvalue weighted by Crippen LogP contribution is 2.33. The van der Waals surface area contributed by atoms with Crippen molar-refractivity contribution < 1.29 is 4.74 Å². The monoisotopic (exact) mass is 458 g/mol. The molecule has 1 nitrogen and oxygen atoms in total. The molecule has 0 aliphatic heterocycles. The first-order valence-corrected chi connectivity index (χ1v) is 15.2. The van der Waals surface area contributed by atoms with Crippen molar-refractivity contribution in [2.75, 3.05) is 13.2 Å². The molecule has 0 aromatic rings. The molecular formula is C32H58O. The van der Waals surface area contributed by atoms with Crippen LogP contribution >= 0.6 is 0 Å². The topological polar surface area (TPSA) is 9.23 Å². The van der Waals surface area contributed by atoms with Crippen molar-refractivity contribution in [2.45, 2.75) is 142 Å². The van der Waals surface area contributed by atoms with Crippen molar-refractivity contribution in [3.8, 4) is 0 Å². The van der Waals surface area contributed by atoms with Gasteiger partial charge in [0.2, 0.25) is 0 Å². The third kappa shape index (κ3) is 14.4. The van der Waals surface area contributed by atoms with Crippen LogP contribution in [0, 0.1) is 23.7 Å². The quantitative estimate of drug-likeness (QED) is 0.146. The van der Waals surface area contributed by atoms with Gasteiger partial charge in [-0.1, -0.05) is 115 Å². The van der Waals surface area contributed by atoms with Gasteiger partial charge >= 0.3 is 0 Å². The molecule has 0 unspecified atom stereocenters. The first-order valence-electron chi connectivity index (χ1n) is 15.2. The molecule has 0 heterocycles. The molecule has 0 spiro atoms. The Hall–Kier alpha value is -0.560. The van der Waals surface area contributed by atoms with E-state index >= 15 is 0 Å². The SMILES string of the molecule is CCCCCCC[C@H]1CC[C@H](/C=C/COC/C=C/[C@H]2CC[C@H](CCCCCCC)CC2)CC1. The molecule has 0 aromatic carbocycles. The second kappa shape index (κ2) is 19.7. The van der Waals surface area contributed by atoms with Crippen LogP contribution in [0.2, 0.25) is 0 Å². The summed E-state index contributed by atoms with van der Waals surface area (Å²) in [5, 5.41) is 0. The zero-order valence-electron chi connectivity index (χ0n) is 22.6. The zero-order chi connectivity index (χ0) is 23.4. The molecule has 2 rings (SSSR count). The van der Waals surface area contributed by atoms with E-state index in [1.54, 1.807) is 0 Å². The molecule has 2 aliphatic rings. The van der Waals surface area contributed by atoms with Crippen molar-refractivity contribution in [2.24, 2.45) is 23.7 Å². The van der Waals surface area contributed by atoms with Crippen LogP contribution in [-0.4, -0.2) is 13.2 Å². The Bertz CT molecular complexity index is 433. The van der Waals surface area contributed by atoms with E-state index in [9.17, 15) is 0 Å². The van der Waals surface area contributed by atoms with Crippen LogP contribution < -0.4 is 0 Å². The van der Waals surface area contributed by atoms with Crippen molar-refractivity contribution in [3.05, 3.63) is 24.3 Å². The predicted molar refractivity (Wildman–Crippen MR) is 147 cm³/mol. The molecule has 0 bridgehead atoms. The highest BCUT2D eigenvalue weighted by atomic mass is 16.5. The van der Waals surface area contributed by atoms with Gasteiger partial charge in [0, 0.05) is 0 Å². The molecule has 0 N–H and O–H groups in total. The highest BCUT2D eigenvalue weighted by molar-refractivity contribution is 4.93. The Balaban J connectivity index is 1.41. The second-order valence-corrected chi connectivity index (χ2v) is 11.4. The fourth-order valence-electron chi connectivity index (χ4n) is 6.11. The summed E-state index contributed by atoms with van der Waals surface area (Å²) >= 11 is 0. The van der Waals surface area contributed by atoms with E-state index in [1.165, 1.54) is 128 Å². The Kier molecular flexibility index (Phi) is 17.1. The molecule has 0 saturated heterocycles. The molecule has 0 radical (unpaired) electrons. The standard InChI is InChI=1S/C32H58O/c1-3-5-7-9-11-15-29-19-23-31(24-20-29)17-13-27-33-28-14-18-32-25-21-30(22-26-32)16-12-10-8-6-4-2/h13-14,17-18,29-32H,3-12,15-16,19-28H2,1-2H3/b17-13+,18-14+/t29-,30-,31-,32-. The van der Waals surface area contributed by atoms with E-state index in [4.69, 9.17) is 4.74 Å². The van der Waals surface area contributed by atoms with Gasteiger partial charge in [-0.05, 0) is 75.0 Å². The van der Waals surface area contributed by atoms with Crippen LogP contribution in [0.4, 0.5) is 0 Å². The first kappa shape index (κ1) is 28.7. The van der Waals surface area contributed by atoms with Gasteiger partial charge in [-0.2, -0.15) is 0 Å². The second-order valence-electron chi connectivity index (χ2n) is 11.4. The van der Waals surface area contributed by atoms with E-state index in [1.807, 2.05) is 0 Å². The maximum absolute atomic E-state index is 5.85. The van der Waals surface area contributed by atoms with Gasteiger partial charge in [0.05, 0.1) is 13.2 Å². The van der Waals surface area contributed by atoms with E-state index in [2.05, 4.69) is 38.2 Å². The minimum absolute atomic E-state index is 0.784. The van der Waals surface area contributed by atoms with Crippen molar-refractivity contribution in [3.63, 3.8) is 0 Å². The number of allylic oxidation sites excluding steroid dienone is 2. The number of unbranched alkanes of at least 4 members (excludes halogenated alkanes) is 8. The molecule has 2 fully saturated rings. The lowest BCUT2D eigenvalue weighted by atomic mass is 9.79. The molecule has 2 aliphatic carbocycles. The lowest BCUT2D eigenvalue weighted by Gasteiger charge is -2.26. The van der Waals surface area contributed by atoms with Crippen molar-refractivity contribution >= 4 is 0 Å². The van der Waals surface area contributed by atoms with Crippen LogP contribution in [0.5, 0.6) is 0 Å². The van der Waals surface area contributed by atoms with Gasteiger partial charge in [-0.25, -0.2) is 0 Å². The van der Waals surface area contributed by atoms with Crippen LogP contribution in [0.1, 0.15) is 142 Å². The highest BCUT2D eigenvalue weighted by Gasteiger charge is 2.19. The molecule has 0 atom stereocenters. The number of ether oxygens (including phenoxy) is 1. The van der Waals surface area contributed by atoms with E-state index < -0.39 is 0 Å². The zero-order valence-corrected chi connectivity index (χ0v) is 22.6. The predicted octanol–water partition coefficient (Wildman–Crippen LogP) is 10.4. The Morgan fingerprint density at radius 3 is 1.30 bits per heavy atom. The van der Waals surface area contributed by atoms with Gasteiger partial charge in [0.1, 0.15) is 0 Å². The Labute approximate surface area is 208 Å². The molecular weight excluding hydrogens is 400 g/mol. The largest absolute Gasteiger partial charge is 0.373 e. The molecule has 0 amide bonds. The summed E-state index contributed by atoms with van der Waals surface area (Å²) in [6.07, 6.45) is 38.2. The number of hydrogen-bond acceptors (Lipinski definition) is 1. The third-order valence-corrected chi connectivity index (χ3v) is 8.46. The summed E-state index contributed by atoms with van der Waals surface area (Å²) < 4.78 is 5.85. The van der Waals surface area contributed by atoms with Gasteiger partial charge < -0.3 is 4.74 Å². The Morgan fingerprint density at radius 1 is 0.515 bits per heavy atom. The first-order chi connectivity index (χ1) is 16.3. The van der Waals surface area contributed by atoms with Gasteiger partial charge in [0.15, 0.2) is 0 Å². The van der Waals surface area contributed by atoms with Crippen LogP contribution in [0.3, 0.4) is 0 Å². The van der Waals surface area contributed by atoms with E-state index in [0.29, 0.717) is 0 Å². The maximum atomic E-state index is 5.85. The van der Waals surface area contributed by atoms with E-state index in [-0.39, 0.29) is 0 Å². The lowest BCUT2D eigenvalue weighted by molar-refractivity contribution is 0.192. The number of rotatable bonds is 18. The normalized spacial score (nSPS) is 26.5. The minimum atomic E-state index is 0.784. The van der Waals surface area contributed by atoms with Crippen LogP contribution in [-0.2, 0) is 4.74 Å². The minimum Gasteiger partial charge on any atom is -0.373 e. The van der Waals surface area contributed by atoms with Crippen molar-refractivity contribution in [1.82, 2.24) is 0 Å². The van der Waals surface area contributed by atoms with Crippen molar-refractivity contribution in [1.29, 1.82) is 0 Å². The summed E-state index contributed by atoms with van der Waals surface area (Å²) in [6, 6.07) is 0. The summed E-state index contributed by atoms with van der Waals surface area (Å²) in [7, 11) is 0. The lowest BCUT2D eigenvalue weighted by Crippen LogP contribution is -2.13. The summed E-state index contributed by atoms with van der Waals surface area (Å²) in [4.78, 5) is 0. The van der Waals surface area contributed by atoms with Crippen LogP contribution in [0.15, 0.2) is 24.3 Å². The summed E-state index contributed by atoms with van der Waals surface area (Å²) in [5.74, 6) is 3.64.